The van der Waals surface area contributed by atoms with E-state index in [2.05, 4.69) is 10.2 Å². The zero-order valence-corrected chi connectivity index (χ0v) is 10.2. The lowest BCUT2D eigenvalue weighted by molar-refractivity contribution is -0.136. The Morgan fingerprint density at radius 1 is 1.75 bits per heavy atom. The molecule has 1 atom stereocenters. The molecule has 0 radical (unpaired) electrons. The third kappa shape index (κ3) is 3.28. The van der Waals surface area contributed by atoms with Crippen LogP contribution < -0.4 is 5.69 Å². The maximum Gasteiger partial charge on any atom is 0.343 e. The van der Waals surface area contributed by atoms with Gasteiger partial charge in [0.1, 0.15) is 5.38 Å². The highest BCUT2D eigenvalue weighted by molar-refractivity contribution is 7.99. The number of aliphatic carboxylic acids is 1. The molecule has 1 aromatic rings. The number of carbonyl (C=O) groups is 1. The molecule has 1 unspecified atom stereocenters. The number of thioether (sulfide) groups is 1. The van der Waals surface area contributed by atoms with Crippen LogP contribution in [0.2, 0.25) is 0 Å². The minimum absolute atomic E-state index is 0.172. The van der Waals surface area contributed by atoms with Gasteiger partial charge in [0.2, 0.25) is 0 Å². The molecule has 0 bridgehead atoms. The number of aromatic amines is 1. The van der Waals surface area contributed by atoms with E-state index in [0.717, 1.165) is 18.2 Å². The Morgan fingerprint density at radius 2 is 2.44 bits per heavy atom. The summed E-state index contributed by atoms with van der Waals surface area (Å²) in [5, 5.41) is 14.2. The average molecular weight is 266 g/mol. The Kier molecular flexibility index (Phi) is 4.88. The first-order valence-electron chi connectivity index (χ1n) is 4.71. The van der Waals surface area contributed by atoms with Gasteiger partial charge in [-0.2, -0.15) is 0 Å². The SMILES string of the molecule is CCCn1c(SCC(Cl)C(=O)O)n[nH]c1=O. The van der Waals surface area contributed by atoms with Gasteiger partial charge >= 0.3 is 11.7 Å². The monoisotopic (exact) mass is 265 g/mol. The number of halogens is 1. The zero-order chi connectivity index (χ0) is 12.1. The van der Waals surface area contributed by atoms with E-state index in [4.69, 9.17) is 16.7 Å². The second-order valence-corrected chi connectivity index (χ2v) is 4.59. The summed E-state index contributed by atoms with van der Waals surface area (Å²) in [4.78, 5) is 21.8. The summed E-state index contributed by atoms with van der Waals surface area (Å²) >= 11 is 6.71. The number of aromatic nitrogens is 3. The summed E-state index contributed by atoms with van der Waals surface area (Å²) in [6.07, 6.45) is 0.802. The second kappa shape index (κ2) is 5.95. The number of hydrogen-bond donors (Lipinski definition) is 2. The van der Waals surface area contributed by atoms with Crippen LogP contribution in [0.4, 0.5) is 0 Å². The number of nitrogens with zero attached hydrogens (tertiary/aromatic N) is 2. The molecule has 6 nitrogen and oxygen atoms in total. The van der Waals surface area contributed by atoms with Crippen LogP contribution in [0.15, 0.2) is 9.95 Å². The van der Waals surface area contributed by atoms with E-state index in [1.807, 2.05) is 6.92 Å². The number of carboxylic acid groups (broad SMARTS) is 1. The molecule has 0 spiro atoms. The van der Waals surface area contributed by atoms with Gasteiger partial charge in [0.25, 0.3) is 0 Å². The van der Waals surface area contributed by atoms with Gasteiger partial charge in [0, 0.05) is 12.3 Å². The van der Waals surface area contributed by atoms with Gasteiger partial charge in [-0.1, -0.05) is 18.7 Å². The maximum absolute atomic E-state index is 11.3. The summed E-state index contributed by atoms with van der Waals surface area (Å²) < 4.78 is 1.47. The molecular formula is C8H12ClN3O3S. The van der Waals surface area contributed by atoms with E-state index in [1.54, 1.807) is 0 Å². The van der Waals surface area contributed by atoms with Crippen molar-refractivity contribution >= 4 is 29.3 Å². The number of H-pyrrole nitrogens is 1. The highest BCUT2D eigenvalue weighted by atomic mass is 35.5. The van der Waals surface area contributed by atoms with E-state index >= 15 is 0 Å². The second-order valence-electron chi connectivity index (χ2n) is 3.08. The topological polar surface area (TPSA) is 88.0 Å². The van der Waals surface area contributed by atoms with E-state index < -0.39 is 11.3 Å². The van der Waals surface area contributed by atoms with Crippen molar-refractivity contribution in [1.82, 2.24) is 14.8 Å². The van der Waals surface area contributed by atoms with Crippen LogP contribution in [0.5, 0.6) is 0 Å². The molecule has 0 aliphatic rings. The van der Waals surface area contributed by atoms with Gasteiger partial charge in [-0.3, -0.25) is 9.36 Å². The normalized spacial score (nSPS) is 12.6. The van der Waals surface area contributed by atoms with Gasteiger partial charge in [0.15, 0.2) is 5.16 Å². The van der Waals surface area contributed by atoms with Crippen LogP contribution in [0.3, 0.4) is 0 Å². The first-order chi connectivity index (χ1) is 7.56. The maximum atomic E-state index is 11.3. The smallest absolute Gasteiger partial charge is 0.343 e. The average Bonchev–Trinajstić information content (AvgIpc) is 2.58. The predicted molar refractivity (Wildman–Crippen MR) is 61.1 cm³/mol. The molecule has 0 amide bonds. The van der Waals surface area contributed by atoms with Gasteiger partial charge in [-0.05, 0) is 6.42 Å². The number of nitrogens with one attached hydrogen (secondary N) is 1. The Labute approximate surface area is 101 Å². The largest absolute Gasteiger partial charge is 0.480 e. The fourth-order valence-corrected chi connectivity index (χ4v) is 2.12. The third-order valence-electron chi connectivity index (χ3n) is 1.80. The van der Waals surface area contributed by atoms with Crippen LogP contribution >= 0.6 is 23.4 Å². The van der Waals surface area contributed by atoms with Crippen molar-refractivity contribution in [2.75, 3.05) is 5.75 Å². The molecule has 16 heavy (non-hydrogen) atoms. The number of alkyl halides is 1. The van der Waals surface area contributed by atoms with E-state index in [1.165, 1.54) is 4.57 Å². The molecule has 0 aliphatic carbocycles. The summed E-state index contributed by atoms with van der Waals surface area (Å²) in [6.45, 7) is 2.49. The van der Waals surface area contributed by atoms with E-state index in [-0.39, 0.29) is 11.4 Å². The van der Waals surface area contributed by atoms with Crippen molar-refractivity contribution in [1.29, 1.82) is 0 Å². The van der Waals surface area contributed by atoms with Crippen molar-refractivity contribution < 1.29 is 9.90 Å². The molecule has 2 N–H and O–H groups in total. The Bertz CT molecular complexity index is 417. The summed E-state index contributed by atoms with van der Waals surface area (Å²) in [5.74, 6) is -0.903. The highest BCUT2D eigenvalue weighted by Gasteiger charge is 2.16. The minimum atomic E-state index is -1.07. The number of carboxylic acids is 1. The van der Waals surface area contributed by atoms with E-state index in [9.17, 15) is 9.59 Å². The van der Waals surface area contributed by atoms with Crippen LogP contribution in [0.25, 0.3) is 0 Å². The van der Waals surface area contributed by atoms with Crippen LogP contribution in [0, 0.1) is 0 Å². The van der Waals surface area contributed by atoms with Crippen molar-refractivity contribution in [3.63, 3.8) is 0 Å². The lowest BCUT2D eigenvalue weighted by Crippen LogP contribution is -2.19. The van der Waals surface area contributed by atoms with Crippen molar-refractivity contribution in [2.45, 2.75) is 30.4 Å². The summed E-state index contributed by atoms with van der Waals surface area (Å²) in [6, 6.07) is 0. The quantitative estimate of drug-likeness (QED) is 0.586. The van der Waals surface area contributed by atoms with Crippen molar-refractivity contribution in [2.24, 2.45) is 0 Å². The van der Waals surface area contributed by atoms with Gasteiger partial charge in [0.05, 0.1) is 0 Å². The zero-order valence-electron chi connectivity index (χ0n) is 8.64. The van der Waals surface area contributed by atoms with Crippen LogP contribution in [-0.2, 0) is 11.3 Å². The van der Waals surface area contributed by atoms with E-state index in [0.29, 0.717) is 11.7 Å². The predicted octanol–water partition coefficient (Wildman–Crippen LogP) is 0.765. The number of rotatable bonds is 6. The fourth-order valence-electron chi connectivity index (χ4n) is 1.05. The summed E-state index contributed by atoms with van der Waals surface area (Å²) in [7, 11) is 0. The van der Waals surface area contributed by atoms with Crippen LogP contribution in [-0.4, -0.2) is 37.0 Å². The number of hydrogen-bond acceptors (Lipinski definition) is 4. The van der Waals surface area contributed by atoms with Crippen LogP contribution in [0.1, 0.15) is 13.3 Å². The Morgan fingerprint density at radius 3 is 3.00 bits per heavy atom. The molecule has 1 rings (SSSR count). The molecule has 8 heteroatoms. The lowest BCUT2D eigenvalue weighted by Gasteiger charge is -2.04. The first-order valence-corrected chi connectivity index (χ1v) is 6.13. The molecule has 0 saturated heterocycles. The van der Waals surface area contributed by atoms with Gasteiger partial charge in [-0.25, -0.2) is 9.89 Å². The van der Waals surface area contributed by atoms with Gasteiger partial charge in [-0.15, -0.1) is 16.7 Å². The van der Waals surface area contributed by atoms with Crippen molar-refractivity contribution in [3.05, 3.63) is 10.5 Å². The van der Waals surface area contributed by atoms with Gasteiger partial charge < -0.3 is 5.11 Å². The van der Waals surface area contributed by atoms with Crippen molar-refractivity contribution in [3.8, 4) is 0 Å². The lowest BCUT2D eigenvalue weighted by atomic mass is 10.5. The highest BCUT2D eigenvalue weighted by Crippen LogP contribution is 2.17. The molecule has 0 fully saturated rings. The molecule has 1 aromatic heterocycles. The first kappa shape index (κ1) is 13.1. The summed E-state index contributed by atoms with van der Waals surface area (Å²) in [5.41, 5.74) is -0.286. The fraction of sp³-hybridized carbons (Fsp3) is 0.625. The molecule has 0 aliphatic heterocycles. The molecule has 90 valence electrons. The Balaban J connectivity index is 2.67. The minimum Gasteiger partial charge on any atom is -0.480 e. The third-order valence-corrected chi connectivity index (χ3v) is 3.39. The Hall–Kier alpha value is -0.950. The standard InChI is InChI=1S/C8H12ClN3O3S/c1-2-3-12-7(15)10-11-8(12)16-4-5(9)6(13)14/h5H,2-4H2,1H3,(H,10,15)(H,13,14). The molecular weight excluding hydrogens is 254 g/mol. The molecule has 0 saturated carbocycles. The molecule has 1 heterocycles. The molecule has 0 aromatic carbocycles.